The Balaban J connectivity index is 1.81. The molecular weight excluding hydrogens is 316 g/mol. The Bertz CT molecular complexity index is 716. The maximum Gasteiger partial charge on any atom is 0.315 e. The summed E-state index contributed by atoms with van der Waals surface area (Å²) in [5.41, 5.74) is 2.47. The first-order valence-corrected chi connectivity index (χ1v) is 8.23. The lowest BCUT2D eigenvalue weighted by atomic mass is 10.1. The van der Waals surface area contributed by atoms with Gasteiger partial charge in [-0.2, -0.15) is 0 Å². The van der Waals surface area contributed by atoms with Gasteiger partial charge in [-0.05, 0) is 43.2 Å². The maximum absolute atomic E-state index is 12.0. The topological polar surface area (TPSA) is 74.3 Å². The molecule has 0 radical (unpaired) electrons. The lowest BCUT2D eigenvalue weighted by molar-refractivity contribution is 0.0827. The summed E-state index contributed by atoms with van der Waals surface area (Å²) in [5.74, 6) is -0.0308. The molecule has 0 spiro atoms. The van der Waals surface area contributed by atoms with Crippen molar-refractivity contribution in [2.24, 2.45) is 0 Å². The van der Waals surface area contributed by atoms with Crippen LogP contribution < -0.4 is 10.6 Å². The molecule has 0 bridgehead atoms. The Hall–Kier alpha value is -2.89. The highest BCUT2D eigenvalue weighted by atomic mass is 16.2. The molecule has 0 unspecified atom stereocenters. The van der Waals surface area contributed by atoms with Gasteiger partial charge < -0.3 is 15.5 Å². The van der Waals surface area contributed by atoms with Gasteiger partial charge in [0.25, 0.3) is 5.91 Å². The van der Waals surface area contributed by atoms with E-state index < -0.39 is 0 Å². The highest BCUT2D eigenvalue weighted by Crippen LogP contribution is 2.09. The molecule has 0 saturated heterocycles. The van der Waals surface area contributed by atoms with E-state index in [1.807, 2.05) is 43.3 Å². The van der Waals surface area contributed by atoms with Crippen LogP contribution in [-0.2, 0) is 6.42 Å². The van der Waals surface area contributed by atoms with Gasteiger partial charge in [0, 0.05) is 32.4 Å². The first-order valence-electron chi connectivity index (χ1n) is 8.23. The third kappa shape index (κ3) is 5.60. The van der Waals surface area contributed by atoms with Crippen molar-refractivity contribution in [3.05, 3.63) is 65.5 Å². The van der Waals surface area contributed by atoms with Crippen molar-refractivity contribution in [3.8, 4) is 0 Å². The Morgan fingerprint density at radius 1 is 1.16 bits per heavy atom. The predicted molar refractivity (Wildman–Crippen MR) is 97.3 cm³/mol. The highest BCUT2D eigenvalue weighted by Gasteiger charge is 2.10. The van der Waals surface area contributed by atoms with E-state index in [4.69, 9.17) is 0 Å². The molecule has 1 heterocycles. The number of pyridine rings is 1. The normalized spacial score (nSPS) is 11.5. The number of benzene rings is 1. The first-order chi connectivity index (χ1) is 12.0. The molecule has 6 heteroatoms. The van der Waals surface area contributed by atoms with Gasteiger partial charge in [0.1, 0.15) is 0 Å². The minimum atomic E-state index is -0.237. The van der Waals surface area contributed by atoms with Crippen LogP contribution in [0.5, 0.6) is 0 Å². The van der Waals surface area contributed by atoms with Crippen LogP contribution in [0.1, 0.15) is 34.6 Å². The predicted octanol–water partition coefficient (Wildman–Crippen LogP) is 2.39. The molecular formula is C19H24N4O2. The molecule has 25 heavy (non-hydrogen) atoms. The number of urea groups is 1. The van der Waals surface area contributed by atoms with Crippen molar-refractivity contribution in [3.63, 3.8) is 0 Å². The molecule has 1 atom stereocenters. The average Bonchev–Trinajstić information content (AvgIpc) is 2.62. The van der Waals surface area contributed by atoms with E-state index in [0.29, 0.717) is 18.5 Å². The molecule has 6 nitrogen and oxygen atoms in total. The monoisotopic (exact) mass is 340 g/mol. The van der Waals surface area contributed by atoms with Crippen LogP contribution in [0, 0.1) is 0 Å². The zero-order chi connectivity index (χ0) is 18.2. The minimum absolute atomic E-state index is 0.0308. The van der Waals surface area contributed by atoms with Crippen LogP contribution >= 0.6 is 0 Å². The number of rotatable bonds is 6. The summed E-state index contributed by atoms with van der Waals surface area (Å²) >= 11 is 0. The summed E-state index contributed by atoms with van der Waals surface area (Å²) in [4.78, 5) is 29.7. The van der Waals surface area contributed by atoms with Crippen molar-refractivity contribution in [2.75, 3.05) is 20.6 Å². The fraction of sp³-hybridized carbons (Fsp3) is 0.316. The Morgan fingerprint density at radius 2 is 1.96 bits per heavy atom. The molecule has 0 aliphatic carbocycles. The molecule has 0 aliphatic heterocycles. The summed E-state index contributed by atoms with van der Waals surface area (Å²) in [6.45, 7) is 2.37. The van der Waals surface area contributed by atoms with Crippen LogP contribution in [0.15, 0.2) is 48.7 Å². The Morgan fingerprint density at radius 3 is 2.64 bits per heavy atom. The van der Waals surface area contributed by atoms with E-state index in [1.165, 1.54) is 0 Å². The lowest BCUT2D eigenvalue weighted by Gasteiger charge is -2.14. The van der Waals surface area contributed by atoms with Gasteiger partial charge in [-0.1, -0.05) is 18.2 Å². The summed E-state index contributed by atoms with van der Waals surface area (Å²) < 4.78 is 0. The molecule has 3 amide bonds. The second kappa shape index (κ2) is 8.82. The summed E-state index contributed by atoms with van der Waals surface area (Å²) in [6, 6.07) is 12.7. The fourth-order valence-electron chi connectivity index (χ4n) is 2.39. The van der Waals surface area contributed by atoms with E-state index in [1.54, 1.807) is 31.3 Å². The Kier molecular flexibility index (Phi) is 6.51. The number of hydrogen-bond donors (Lipinski definition) is 2. The number of carbonyl (C=O) groups excluding carboxylic acids is 2. The van der Waals surface area contributed by atoms with Gasteiger partial charge in [-0.3, -0.25) is 9.78 Å². The Labute approximate surface area is 148 Å². The van der Waals surface area contributed by atoms with Crippen molar-refractivity contribution in [1.29, 1.82) is 0 Å². The van der Waals surface area contributed by atoms with E-state index in [2.05, 4.69) is 15.6 Å². The lowest BCUT2D eigenvalue weighted by Crippen LogP contribution is -2.38. The van der Waals surface area contributed by atoms with E-state index >= 15 is 0 Å². The molecule has 2 aromatic rings. The number of aromatic nitrogens is 1. The smallest absolute Gasteiger partial charge is 0.315 e. The number of carbonyl (C=O) groups is 2. The largest absolute Gasteiger partial charge is 0.345 e. The van der Waals surface area contributed by atoms with Gasteiger partial charge in [0.15, 0.2) is 0 Å². The zero-order valence-electron chi connectivity index (χ0n) is 14.8. The van der Waals surface area contributed by atoms with E-state index in [9.17, 15) is 9.59 Å². The molecule has 2 rings (SSSR count). The summed E-state index contributed by atoms with van der Waals surface area (Å²) in [7, 11) is 3.45. The number of nitrogens with one attached hydrogen (secondary N) is 2. The van der Waals surface area contributed by atoms with E-state index in [-0.39, 0.29) is 18.0 Å². The van der Waals surface area contributed by atoms with Crippen LogP contribution in [0.4, 0.5) is 4.79 Å². The van der Waals surface area contributed by atoms with Gasteiger partial charge in [-0.15, -0.1) is 0 Å². The quantitative estimate of drug-likeness (QED) is 0.848. The molecule has 1 aromatic carbocycles. The van der Waals surface area contributed by atoms with Gasteiger partial charge >= 0.3 is 6.03 Å². The van der Waals surface area contributed by atoms with Crippen LogP contribution in [-0.4, -0.2) is 42.5 Å². The summed E-state index contributed by atoms with van der Waals surface area (Å²) in [5, 5.41) is 5.68. The van der Waals surface area contributed by atoms with Crippen molar-refractivity contribution >= 4 is 11.9 Å². The molecule has 0 aliphatic rings. The zero-order valence-corrected chi connectivity index (χ0v) is 14.8. The van der Waals surface area contributed by atoms with E-state index in [0.717, 1.165) is 11.3 Å². The van der Waals surface area contributed by atoms with Crippen molar-refractivity contribution < 1.29 is 9.59 Å². The number of amides is 3. The molecule has 1 aromatic heterocycles. The van der Waals surface area contributed by atoms with Crippen LogP contribution in [0.2, 0.25) is 0 Å². The molecule has 0 fully saturated rings. The van der Waals surface area contributed by atoms with Crippen molar-refractivity contribution in [2.45, 2.75) is 19.4 Å². The van der Waals surface area contributed by atoms with Crippen LogP contribution in [0.25, 0.3) is 0 Å². The number of hydrogen-bond acceptors (Lipinski definition) is 3. The van der Waals surface area contributed by atoms with Crippen LogP contribution in [0.3, 0.4) is 0 Å². The second-order valence-corrected chi connectivity index (χ2v) is 6.03. The summed E-state index contributed by atoms with van der Waals surface area (Å²) in [6.07, 6.45) is 2.35. The standard InChI is InChI=1S/C19H24N4O2/c1-14(17-9-4-5-11-20-17)22-19(25)21-12-10-15-7-6-8-16(13-15)18(24)23(2)3/h4-9,11,13-14H,10,12H2,1-3H3,(H2,21,22,25)/t14-/m1/s1. The SMILES string of the molecule is C[C@@H](NC(=O)NCCc1cccc(C(=O)N(C)C)c1)c1ccccn1. The third-order valence-electron chi connectivity index (χ3n) is 3.76. The highest BCUT2D eigenvalue weighted by molar-refractivity contribution is 5.94. The molecule has 132 valence electrons. The van der Waals surface area contributed by atoms with Crippen molar-refractivity contribution in [1.82, 2.24) is 20.5 Å². The maximum atomic E-state index is 12.0. The fourth-order valence-corrected chi connectivity index (χ4v) is 2.39. The van der Waals surface area contributed by atoms with Gasteiger partial charge in [-0.25, -0.2) is 4.79 Å². The second-order valence-electron chi connectivity index (χ2n) is 6.03. The average molecular weight is 340 g/mol. The molecule has 0 saturated carbocycles. The third-order valence-corrected chi connectivity index (χ3v) is 3.76. The molecule has 2 N–H and O–H groups in total. The van der Waals surface area contributed by atoms with Gasteiger partial charge in [0.2, 0.25) is 0 Å². The number of nitrogens with zero attached hydrogens (tertiary/aromatic N) is 2. The first kappa shape index (κ1) is 18.4. The van der Waals surface area contributed by atoms with Gasteiger partial charge in [0.05, 0.1) is 11.7 Å². The minimum Gasteiger partial charge on any atom is -0.345 e.